The Hall–Kier alpha value is -1.85. The van der Waals surface area contributed by atoms with Crippen molar-refractivity contribution in [1.82, 2.24) is 10.2 Å². The van der Waals surface area contributed by atoms with Gasteiger partial charge in [0.15, 0.2) is 0 Å². The van der Waals surface area contributed by atoms with Gasteiger partial charge in [-0.05, 0) is 18.2 Å². The van der Waals surface area contributed by atoms with E-state index in [4.69, 9.17) is 0 Å². The summed E-state index contributed by atoms with van der Waals surface area (Å²) in [5, 5.41) is 10.6. The van der Waals surface area contributed by atoms with Crippen LogP contribution in [0.1, 0.15) is 5.56 Å². The quantitative estimate of drug-likeness (QED) is 0.813. The number of rotatable bonds is 1. The van der Waals surface area contributed by atoms with E-state index in [9.17, 15) is 13.2 Å². The molecule has 0 aliphatic rings. The zero-order valence-electron chi connectivity index (χ0n) is 8.34. The number of hydrogen-bond acceptors (Lipinski definition) is 3. The van der Waals surface area contributed by atoms with Crippen molar-refractivity contribution >= 4 is 16.6 Å². The fraction of sp³-hybridized carbons (Fsp3) is 0.200. The second-order valence-electron chi connectivity index (χ2n) is 3.24. The second kappa shape index (κ2) is 3.62. The molecule has 6 heteroatoms. The highest BCUT2D eigenvalue weighted by molar-refractivity contribution is 5.90. The number of nitrogens with one attached hydrogen (secondary N) is 1. The first kappa shape index (κ1) is 10.7. The molecule has 0 amide bonds. The van der Waals surface area contributed by atoms with E-state index in [1.165, 1.54) is 12.3 Å². The molecule has 3 nitrogen and oxygen atoms in total. The van der Waals surface area contributed by atoms with Gasteiger partial charge in [-0.3, -0.25) is 0 Å². The van der Waals surface area contributed by atoms with Crippen LogP contribution in [0.15, 0.2) is 24.4 Å². The Morgan fingerprint density at radius 3 is 2.62 bits per heavy atom. The average molecular weight is 227 g/mol. The van der Waals surface area contributed by atoms with E-state index >= 15 is 0 Å². The third kappa shape index (κ3) is 1.78. The van der Waals surface area contributed by atoms with Crippen LogP contribution in [0, 0.1) is 0 Å². The molecule has 0 aliphatic heterocycles. The van der Waals surface area contributed by atoms with Gasteiger partial charge in [0.25, 0.3) is 0 Å². The zero-order valence-corrected chi connectivity index (χ0v) is 8.34. The molecule has 2 rings (SSSR count). The van der Waals surface area contributed by atoms with Crippen molar-refractivity contribution in [1.29, 1.82) is 0 Å². The molecular weight excluding hydrogens is 219 g/mol. The minimum Gasteiger partial charge on any atom is -0.386 e. The van der Waals surface area contributed by atoms with E-state index in [2.05, 4.69) is 15.5 Å². The molecule has 1 aromatic heterocycles. The van der Waals surface area contributed by atoms with Crippen molar-refractivity contribution in [3.63, 3.8) is 0 Å². The Labute approximate surface area is 89.3 Å². The van der Waals surface area contributed by atoms with E-state index < -0.39 is 11.7 Å². The van der Waals surface area contributed by atoms with Gasteiger partial charge >= 0.3 is 6.18 Å². The lowest BCUT2D eigenvalue weighted by atomic mass is 10.1. The number of aromatic nitrogens is 2. The van der Waals surface area contributed by atoms with Crippen LogP contribution in [0.5, 0.6) is 0 Å². The Balaban J connectivity index is 2.68. The zero-order chi connectivity index (χ0) is 11.8. The summed E-state index contributed by atoms with van der Waals surface area (Å²) in [5.41, 5.74) is 0.264. The maximum Gasteiger partial charge on any atom is 0.416 e. The Morgan fingerprint density at radius 2 is 2.00 bits per heavy atom. The summed E-state index contributed by atoms with van der Waals surface area (Å²) >= 11 is 0. The first-order valence-electron chi connectivity index (χ1n) is 4.53. The van der Waals surface area contributed by atoms with Crippen molar-refractivity contribution in [2.24, 2.45) is 0 Å². The highest BCUT2D eigenvalue weighted by atomic mass is 19.4. The van der Waals surface area contributed by atoms with Gasteiger partial charge in [-0.2, -0.15) is 23.4 Å². The van der Waals surface area contributed by atoms with Gasteiger partial charge in [-0.25, -0.2) is 0 Å². The lowest BCUT2D eigenvalue weighted by molar-refractivity contribution is -0.137. The highest BCUT2D eigenvalue weighted by Gasteiger charge is 2.30. The third-order valence-corrected chi connectivity index (χ3v) is 2.24. The minimum atomic E-state index is -4.34. The number of fused-ring (bicyclic) bond motifs is 1. The van der Waals surface area contributed by atoms with Crippen molar-refractivity contribution < 1.29 is 13.2 Å². The average Bonchev–Trinajstić information content (AvgIpc) is 2.26. The first-order valence-corrected chi connectivity index (χ1v) is 4.53. The molecule has 0 radical (unpaired) electrons. The fourth-order valence-electron chi connectivity index (χ4n) is 1.43. The molecule has 0 unspecified atom stereocenters. The molecule has 0 saturated carbocycles. The number of benzene rings is 1. The SMILES string of the molecule is CNc1cnnc2ccc(C(F)(F)F)cc12. The van der Waals surface area contributed by atoms with Gasteiger partial charge < -0.3 is 5.32 Å². The molecule has 84 valence electrons. The normalized spacial score (nSPS) is 11.8. The number of halogens is 3. The fourth-order valence-corrected chi connectivity index (χ4v) is 1.43. The summed E-state index contributed by atoms with van der Waals surface area (Å²) in [6, 6.07) is 3.37. The van der Waals surface area contributed by atoms with Crippen molar-refractivity contribution in [2.75, 3.05) is 12.4 Å². The van der Waals surface area contributed by atoms with Crippen LogP contribution in [-0.2, 0) is 6.18 Å². The van der Waals surface area contributed by atoms with Gasteiger partial charge in [-0.15, -0.1) is 0 Å². The lowest BCUT2D eigenvalue weighted by Gasteiger charge is -2.09. The molecular formula is C10H8F3N3. The topological polar surface area (TPSA) is 37.8 Å². The van der Waals surface area contributed by atoms with Crippen molar-refractivity contribution in [3.8, 4) is 0 Å². The summed E-state index contributed by atoms with van der Waals surface area (Å²) in [7, 11) is 1.62. The third-order valence-electron chi connectivity index (χ3n) is 2.24. The van der Waals surface area contributed by atoms with Crippen LogP contribution in [0.25, 0.3) is 10.9 Å². The molecule has 0 saturated heterocycles. The molecule has 0 aliphatic carbocycles. The predicted molar refractivity (Wildman–Crippen MR) is 54.1 cm³/mol. The van der Waals surface area contributed by atoms with Crippen LogP contribution in [-0.4, -0.2) is 17.2 Å². The predicted octanol–water partition coefficient (Wildman–Crippen LogP) is 2.69. The molecule has 1 aromatic carbocycles. The Morgan fingerprint density at radius 1 is 1.25 bits per heavy atom. The van der Waals surface area contributed by atoms with Crippen molar-refractivity contribution in [2.45, 2.75) is 6.18 Å². The lowest BCUT2D eigenvalue weighted by Crippen LogP contribution is -2.05. The molecule has 1 N–H and O–H groups in total. The Bertz CT molecular complexity index is 522. The largest absolute Gasteiger partial charge is 0.416 e. The Kier molecular flexibility index (Phi) is 2.41. The van der Waals surface area contributed by atoms with E-state index in [0.29, 0.717) is 16.6 Å². The number of alkyl halides is 3. The number of anilines is 1. The number of nitrogens with zero attached hydrogens (tertiary/aromatic N) is 2. The van der Waals surface area contributed by atoms with Crippen molar-refractivity contribution in [3.05, 3.63) is 30.0 Å². The van der Waals surface area contributed by atoms with Gasteiger partial charge in [-0.1, -0.05) is 0 Å². The monoisotopic (exact) mass is 227 g/mol. The van der Waals surface area contributed by atoms with Crippen LogP contribution < -0.4 is 5.32 Å². The van der Waals surface area contributed by atoms with Gasteiger partial charge in [0.2, 0.25) is 0 Å². The first-order chi connectivity index (χ1) is 7.52. The maximum absolute atomic E-state index is 12.5. The molecule has 16 heavy (non-hydrogen) atoms. The summed E-state index contributed by atoms with van der Waals surface area (Å²) in [4.78, 5) is 0. The number of hydrogen-bond donors (Lipinski definition) is 1. The summed E-state index contributed by atoms with van der Waals surface area (Å²) < 4.78 is 37.5. The van der Waals surface area contributed by atoms with Crippen LogP contribution in [0.2, 0.25) is 0 Å². The van der Waals surface area contributed by atoms with Crippen LogP contribution in [0.4, 0.5) is 18.9 Å². The van der Waals surface area contributed by atoms with E-state index in [1.54, 1.807) is 7.05 Å². The molecule has 0 atom stereocenters. The molecule has 1 heterocycles. The smallest absolute Gasteiger partial charge is 0.386 e. The molecule has 0 bridgehead atoms. The van der Waals surface area contributed by atoms with Crippen LogP contribution in [0.3, 0.4) is 0 Å². The second-order valence-corrected chi connectivity index (χ2v) is 3.24. The minimum absolute atomic E-state index is 0.410. The summed E-state index contributed by atoms with van der Waals surface area (Å²) in [6.07, 6.45) is -2.95. The summed E-state index contributed by atoms with van der Waals surface area (Å²) in [5.74, 6) is 0. The van der Waals surface area contributed by atoms with E-state index in [1.807, 2.05) is 0 Å². The maximum atomic E-state index is 12.5. The summed E-state index contributed by atoms with van der Waals surface area (Å²) in [6.45, 7) is 0. The van der Waals surface area contributed by atoms with Crippen LogP contribution >= 0.6 is 0 Å². The van der Waals surface area contributed by atoms with E-state index in [0.717, 1.165) is 12.1 Å². The van der Waals surface area contributed by atoms with E-state index in [-0.39, 0.29) is 0 Å². The molecule has 2 aromatic rings. The molecule has 0 spiro atoms. The molecule has 0 fully saturated rings. The van der Waals surface area contributed by atoms with Gasteiger partial charge in [0, 0.05) is 12.4 Å². The van der Waals surface area contributed by atoms with Gasteiger partial charge in [0.1, 0.15) is 0 Å². The van der Waals surface area contributed by atoms with Gasteiger partial charge in [0.05, 0.1) is 23.0 Å². The standard InChI is InChI=1S/C10H8F3N3/c1-14-9-5-15-16-8-3-2-6(4-7(8)9)10(11,12)13/h2-5H,1H3,(H,14,16). The highest BCUT2D eigenvalue weighted by Crippen LogP contribution is 2.32.